The Labute approximate surface area is 71.4 Å². The van der Waals surface area contributed by atoms with Gasteiger partial charge in [-0.2, -0.15) is 0 Å². The van der Waals surface area contributed by atoms with E-state index in [2.05, 4.69) is 5.32 Å². The van der Waals surface area contributed by atoms with E-state index >= 15 is 0 Å². The van der Waals surface area contributed by atoms with Crippen molar-refractivity contribution in [2.45, 2.75) is 6.54 Å². The topological polar surface area (TPSA) is 34.0 Å². The fourth-order valence-corrected chi connectivity index (χ4v) is 0.902. The van der Waals surface area contributed by atoms with E-state index in [1.54, 1.807) is 0 Å². The zero-order valence-electron chi connectivity index (χ0n) is 6.87. The van der Waals surface area contributed by atoms with Crippen LogP contribution in [0.3, 0.4) is 0 Å². The summed E-state index contributed by atoms with van der Waals surface area (Å²) in [4.78, 5) is 10.7. The van der Waals surface area contributed by atoms with Gasteiger partial charge in [-0.1, -0.05) is 0 Å². The van der Waals surface area contributed by atoms with Crippen molar-refractivity contribution in [1.29, 1.82) is 0 Å². The first-order chi connectivity index (χ1) is 5.74. The maximum atomic E-state index is 10.7. The molecule has 0 saturated heterocycles. The molecule has 3 heteroatoms. The van der Waals surface area contributed by atoms with Crippen molar-refractivity contribution in [1.82, 2.24) is 9.88 Å². The Morgan fingerprint density at radius 2 is 2.58 bits per heavy atom. The molecule has 0 aliphatic heterocycles. The largest absolute Gasteiger partial charge is 0.353 e. The fourth-order valence-electron chi connectivity index (χ4n) is 0.902. The van der Waals surface area contributed by atoms with Crippen molar-refractivity contribution in [3.05, 3.63) is 24.0 Å². The summed E-state index contributed by atoms with van der Waals surface area (Å²) in [5, 5.41) is 2.58. The second-order valence-corrected chi connectivity index (χ2v) is 2.44. The minimum atomic E-state index is -0.379. The highest BCUT2D eigenvalue weighted by Gasteiger charge is 1.98. The monoisotopic (exact) mass is 162 g/mol. The summed E-state index contributed by atoms with van der Waals surface area (Å²) in [6.45, 7) is 0.479. The van der Waals surface area contributed by atoms with Gasteiger partial charge in [0.05, 0.1) is 6.54 Å². The Kier molecular flexibility index (Phi) is 2.54. The number of carbonyl (C=O) groups excluding carboxylic acids is 1. The molecule has 0 spiro atoms. The smallest absolute Gasteiger partial charge is 0.295 e. The highest BCUT2D eigenvalue weighted by molar-refractivity contribution is 5.92. The molecule has 12 heavy (non-hydrogen) atoms. The second kappa shape index (κ2) is 3.63. The third kappa shape index (κ3) is 1.89. The number of aromatic nitrogens is 1. The first-order valence-corrected chi connectivity index (χ1v) is 3.58. The summed E-state index contributed by atoms with van der Waals surface area (Å²) >= 11 is 0. The number of rotatable bonds is 2. The number of carbonyl (C=O) groups is 1. The van der Waals surface area contributed by atoms with Crippen molar-refractivity contribution in [3.63, 3.8) is 0 Å². The van der Waals surface area contributed by atoms with Gasteiger partial charge in [-0.25, -0.2) is 0 Å². The van der Waals surface area contributed by atoms with Crippen LogP contribution in [0.5, 0.6) is 0 Å². The van der Waals surface area contributed by atoms with Crippen LogP contribution < -0.4 is 5.32 Å². The summed E-state index contributed by atoms with van der Waals surface area (Å²) in [6.07, 6.45) is 6.79. The highest BCUT2D eigenvalue weighted by atomic mass is 16.1. The van der Waals surface area contributed by atoms with Crippen molar-refractivity contribution < 1.29 is 4.79 Å². The lowest BCUT2D eigenvalue weighted by Crippen LogP contribution is -2.21. The maximum absolute atomic E-state index is 10.7. The maximum Gasteiger partial charge on any atom is 0.295 e. The van der Waals surface area contributed by atoms with E-state index in [0.29, 0.717) is 6.54 Å². The third-order valence-electron chi connectivity index (χ3n) is 1.61. The molecule has 62 valence electrons. The van der Waals surface area contributed by atoms with E-state index in [0.717, 1.165) is 5.69 Å². The Balaban J connectivity index is 2.50. The molecule has 3 nitrogen and oxygen atoms in total. The van der Waals surface area contributed by atoms with Crippen molar-refractivity contribution in [2.75, 3.05) is 0 Å². The van der Waals surface area contributed by atoms with Crippen LogP contribution in [0.15, 0.2) is 18.3 Å². The van der Waals surface area contributed by atoms with Gasteiger partial charge < -0.3 is 9.88 Å². The number of amides is 1. The van der Waals surface area contributed by atoms with E-state index in [1.165, 1.54) is 0 Å². The van der Waals surface area contributed by atoms with Crippen molar-refractivity contribution in [3.8, 4) is 12.3 Å². The Morgan fingerprint density at radius 3 is 3.08 bits per heavy atom. The predicted octanol–water partition coefficient (Wildman–Crippen LogP) is 0.274. The van der Waals surface area contributed by atoms with Gasteiger partial charge in [0.15, 0.2) is 0 Å². The molecule has 0 unspecified atom stereocenters. The van der Waals surface area contributed by atoms with Crippen LogP contribution in [0.25, 0.3) is 0 Å². The van der Waals surface area contributed by atoms with Gasteiger partial charge in [-0.3, -0.25) is 4.79 Å². The van der Waals surface area contributed by atoms with Crippen LogP contribution in [0, 0.1) is 12.3 Å². The van der Waals surface area contributed by atoms with Gasteiger partial charge in [-0.15, -0.1) is 6.42 Å². The fraction of sp³-hybridized carbons (Fsp3) is 0.222. The molecule has 0 aliphatic rings. The summed E-state index contributed by atoms with van der Waals surface area (Å²) in [6, 6.07) is 3.84. The van der Waals surface area contributed by atoms with Gasteiger partial charge in [0.2, 0.25) is 0 Å². The van der Waals surface area contributed by atoms with Crippen molar-refractivity contribution in [2.24, 2.45) is 7.05 Å². The summed E-state index contributed by atoms with van der Waals surface area (Å²) in [5.74, 6) is 1.61. The van der Waals surface area contributed by atoms with Gasteiger partial charge in [0.25, 0.3) is 5.91 Å². The van der Waals surface area contributed by atoms with E-state index in [9.17, 15) is 4.79 Å². The first kappa shape index (κ1) is 8.41. The van der Waals surface area contributed by atoms with Crippen molar-refractivity contribution >= 4 is 5.91 Å². The average Bonchev–Trinajstić information content (AvgIpc) is 2.47. The molecule has 1 aromatic heterocycles. The Morgan fingerprint density at radius 1 is 1.83 bits per heavy atom. The minimum absolute atomic E-state index is 0.379. The molecule has 0 radical (unpaired) electrons. The standard InChI is InChI=1S/C9H10N2O/c1-3-9(12)10-7-8-5-4-6-11(8)2/h1,4-6H,7H2,2H3,(H,10,12). The Hall–Kier alpha value is -1.69. The second-order valence-electron chi connectivity index (χ2n) is 2.44. The predicted molar refractivity (Wildman–Crippen MR) is 46.1 cm³/mol. The van der Waals surface area contributed by atoms with E-state index in [4.69, 9.17) is 6.42 Å². The molecule has 1 heterocycles. The quantitative estimate of drug-likeness (QED) is 0.622. The Bertz CT molecular complexity index is 320. The number of hydrogen-bond acceptors (Lipinski definition) is 1. The normalized spacial score (nSPS) is 9.00. The minimum Gasteiger partial charge on any atom is -0.353 e. The number of hydrogen-bond donors (Lipinski definition) is 1. The molecule has 1 aromatic rings. The molecule has 0 fully saturated rings. The molecular weight excluding hydrogens is 152 g/mol. The van der Waals surface area contributed by atoms with Crippen LogP contribution in [0.2, 0.25) is 0 Å². The molecule has 1 rings (SSSR count). The number of terminal acetylenes is 1. The van der Waals surface area contributed by atoms with Crippen LogP contribution in [-0.2, 0) is 18.4 Å². The van der Waals surface area contributed by atoms with Crippen LogP contribution in [0.4, 0.5) is 0 Å². The SMILES string of the molecule is C#CC(=O)NCc1cccn1C. The zero-order valence-corrected chi connectivity index (χ0v) is 6.87. The number of nitrogens with one attached hydrogen (secondary N) is 1. The van der Waals surface area contributed by atoms with Gasteiger partial charge in [0.1, 0.15) is 0 Å². The molecule has 0 bridgehead atoms. The van der Waals surface area contributed by atoms with E-state index in [-0.39, 0.29) is 5.91 Å². The molecule has 0 atom stereocenters. The molecule has 1 N–H and O–H groups in total. The summed E-state index contributed by atoms with van der Waals surface area (Å²) in [7, 11) is 1.91. The highest BCUT2D eigenvalue weighted by Crippen LogP contribution is 1.97. The van der Waals surface area contributed by atoms with E-state index in [1.807, 2.05) is 35.9 Å². The average molecular weight is 162 g/mol. The molecular formula is C9H10N2O. The molecule has 1 amide bonds. The van der Waals surface area contributed by atoms with Crippen LogP contribution in [-0.4, -0.2) is 10.5 Å². The molecule has 0 aromatic carbocycles. The zero-order chi connectivity index (χ0) is 8.97. The lowest BCUT2D eigenvalue weighted by atomic mass is 10.4. The van der Waals surface area contributed by atoms with Gasteiger partial charge in [0, 0.05) is 18.9 Å². The number of nitrogens with zero attached hydrogens (tertiary/aromatic N) is 1. The summed E-state index contributed by atoms with van der Waals surface area (Å²) in [5.41, 5.74) is 1.03. The lowest BCUT2D eigenvalue weighted by molar-refractivity contribution is -0.115. The van der Waals surface area contributed by atoms with Crippen LogP contribution >= 0.6 is 0 Å². The van der Waals surface area contributed by atoms with Gasteiger partial charge in [-0.05, 0) is 18.1 Å². The van der Waals surface area contributed by atoms with E-state index < -0.39 is 0 Å². The van der Waals surface area contributed by atoms with Gasteiger partial charge >= 0.3 is 0 Å². The molecule has 0 saturated carbocycles. The third-order valence-corrected chi connectivity index (χ3v) is 1.61. The summed E-state index contributed by atoms with van der Waals surface area (Å²) < 4.78 is 1.93. The molecule has 0 aliphatic carbocycles. The number of aryl methyl sites for hydroxylation is 1. The van der Waals surface area contributed by atoms with Crippen LogP contribution in [0.1, 0.15) is 5.69 Å². The first-order valence-electron chi connectivity index (χ1n) is 3.58. The lowest BCUT2D eigenvalue weighted by Gasteiger charge is -2.02.